The lowest BCUT2D eigenvalue weighted by atomic mass is 9.97. The van der Waals surface area contributed by atoms with Crippen LogP contribution in [-0.2, 0) is 11.3 Å². The van der Waals surface area contributed by atoms with Crippen molar-refractivity contribution in [1.82, 2.24) is 4.90 Å². The Morgan fingerprint density at radius 3 is 2.44 bits per heavy atom. The second-order valence-corrected chi connectivity index (χ2v) is 8.04. The Bertz CT molecular complexity index is 1070. The minimum Gasteiger partial charge on any atom is -0.457 e. The number of anilines is 1. The molecule has 3 aromatic rings. The first-order valence-electron chi connectivity index (χ1n) is 10.8. The number of nitrogens with zero attached hydrogens (tertiary/aromatic N) is 1. The number of nitrogens with two attached hydrogens (primary N) is 1. The van der Waals surface area contributed by atoms with Crippen LogP contribution in [0.15, 0.2) is 78.9 Å². The van der Waals surface area contributed by atoms with E-state index in [1.54, 1.807) is 12.1 Å². The van der Waals surface area contributed by atoms with Crippen molar-refractivity contribution in [2.45, 2.75) is 19.4 Å². The van der Waals surface area contributed by atoms with Crippen molar-refractivity contribution in [2.24, 2.45) is 11.7 Å². The minimum atomic E-state index is -0.232. The fourth-order valence-corrected chi connectivity index (χ4v) is 3.94. The van der Waals surface area contributed by atoms with Crippen LogP contribution in [0.4, 0.5) is 5.69 Å². The van der Waals surface area contributed by atoms with Gasteiger partial charge in [-0.2, -0.15) is 0 Å². The van der Waals surface area contributed by atoms with Gasteiger partial charge in [-0.3, -0.25) is 14.5 Å². The molecule has 6 nitrogen and oxygen atoms in total. The number of primary amides is 1. The molecule has 4 rings (SSSR count). The Morgan fingerprint density at radius 2 is 1.69 bits per heavy atom. The van der Waals surface area contributed by atoms with E-state index in [4.69, 9.17) is 10.5 Å². The Balaban J connectivity index is 1.39. The number of nitrogens with one attached hydrogen (secondary N) is 1. The summed E-state index contributed by atoms with van der Waals surface area (Å²) in [6.07, 6.45) is 1.85. The van der Waals surface area contributed by atoms with Gasteiger partial charge in [0.1, 0.15) is 11.5 Å². The van der Waals surface area contributed by atoms with Crippen molar-refractivity contribution in [2.75, 3.05) is 18.4 Å². The fraction of sp³-hybridized carbons (Fsp3) is 0.231. The zero-order valence-electron chi connectivity index (χ0n) is 17.9. The monoisotopic (exact) mass is 429 g/mol. The zero-order valence-corrected chi connectivity index (χ0v) is 17.9. The van der Waals surface area contributed by atoms with Crippen LogP contribution >= 0.6 is 0 Å². The van der Waals surface area contributed by atoms with Crippen LogP contribution in [0.1, 0.15) is 28.8 Å². The molecule has 3 aromatic carbocycles. The molecule has 1 fully saturated rings. The maximum atomic E-state index is 12.9. The van der Waals surface area contributed by atoms with Gasteiger partial charge in [-0.05, 0) is 61.3 Å². The summed E-state index contributed by atoms with van der Waals surface area (Å²) in [4.78, 5) is 26.6. The lowest BCUT2D eigenvalue weighted by Crippen LogP contribution is -2.40. The second-order valence-electron chi connectivity index (χ2n) is 8.04. The summed E-state index contributed by atoms with van der Waals surface area (Å²) in [6.45, 7) is 2.41. The highest BCUT2D eigenvalue weighted by Crippen LogP contribution is 2.26. The number of ether oxygens (including phenoxy) is 1. The highest BCUT2D eigenvalue weighted by Gasteiger charge is 2.23. The third-order valence-corrected chi connectivity index (χ3v) is 5.63. The maximum Gasteiger partial charge on any atom is 0.259 e. The molecular formula is C26H27N3O3. The molecule has 1 atom stereocenters. The van der Waals surface area contributed by atoms with Crippen molar-refractivity contribution >= 4 is 17.5 Å². The Labute approximate surface area is 188 Å². The molecule has 1 saturated heterocycles. The van der Waals surface area contributed by atoms with E-state index in [0.717, 1.165) is 31.5 Å². The van der Waals surface area contributed by atoms with E-state index in [2.05, 4.69) is 10.2 Å². The van der Waals surface area contributed by atoms with Crippen molar-refractivity contribution in [1.29, 1.82) is 0 Å². The van der Waals surface area contributed by atoms with E-state index in [9.17, 15) is 9.59 Å². The molecule has 1 heterocycles. The number of piperidine rings is 1. The number of likely N-dealkylation sites (tertiary alicyclic amines) is 1. The van der Waals surface area contributed by atoms with E-state index in [0.29, 0.717) is 29.3 Å². The standard InChI is InChI=1S/C26H27N3O3/c27-25(30)20-7-6-16-29(18-20)17-19-12-14-21(15-13-19)28-26(31)23-10-4-5-11-24(23)32-22-8-2-1-3-9-22/h1-5,8-15,20H,6-7,16-18H2,(H2,27,30)(H,28,31). The van der Waals surface area contributed by atoms with Crippen molar-refractivity contribution in [3.63, 3.8) is 0 Å². The van der Waals surface area contributed by atoms with Crippen LogP contribution in [0.3, 0.4) is 0 Å². The van der Waals surface area contributed by atoms with Gasteiger partial charge in [-0.25, -0.2) is 0 Å². The summed E-state index contributed by atoms with van der Waals surface area (Å²) in [6, 6.07) is 24.3. The number of para-hydroxylation sites is 2. The third kappa shape index (κ3) is 5.53. The van der Waals surface area contributed by atoms with E-state index < -0.39 is 0 Å². The lowest BCUT2D eigenvalue weighted by molar-refractivity contribution is -0.123. The SMILES string of the molecule is NC(=O)C1CCCN(Cc2ccc(NC(=O)c3ccccc3Oc3ccccc3)cc2)C1. The number of carbonyl (C=O) groups excluding carboxylic acids is 2. The molecule has 0 saturated carbocycles. The molecule has 1 unspecified atom stereocenters. The predicted molar refractivity (Wildman–Crippen MR) is 125 cm³/mol. The summed E-state index contributed by atoms with van der Waals surface area (Å²) < 4.78 is 5.90. The molecule has 6 heteroatoms. The number of hydrogen-bond acceptors (Lipinski definition) is 4. The Hall–Kier alpha value is -3.64. The molecule has 164 valence electrons. The van der Waals surface area contributed by atoms with Gasteiger partial charge < -0.3 is 15.8 Å². The first kappa shape index (κ1) is 21.6. The van der Waals surface area contributed by atoms with Crippen LogP contribution in [0, 0.1) is 5.92 Å². The summed E-state index contributed by atoms with van der Waals surface area (Å²) >= 11 is 0. The normalized spacial score (nSPS) is 16.3. The van der Waals surface area contributed by atoms with E-state index in [-0.39, 0.29) is 17.7 Å². The van der Waals surface area contributed by atoms with Gasteiger partial charge in [0.15, 0.2) is 0 Å². The lowest BCUT2D eigenvalue weighted by Gasteiger charge is -2.31. The topological polar surface area (TPSA) is 84.7 Å². The average Bonchev–Trinajstić information content (AvgIpc) is 2.81. The van der Waals surface area contributed by atoms with Crippen LogP contribution in [-0.4, -0.2) is 29.8 Å². The molecule has 2 amide bonds. The maximum absolute atomic E-state index is 12.9. The van der Waals surface area contributed by atoms with E-state index >= 15 is 0 Å². The quantitative estimate of drug-likeness (QED) is 0.582. The minimum absolute atomic E-state index is 0.0690. The fourth-order valence-electron chi connectivity index (χ4n) is 3.94. The van der Waals surface area contributed by atoms with Crippen molar-refractivity contribution < 1.29 is 14.3 Å². The number of hydrogen-bond donors (Lipinski definition) is 2. The number of carbonyl (C=O) groups is 2. The second kappa shape index (κ2) is 10.1. The first-order valence-corrected chi connectivity index (χ1v) is 10.8. The smallest absolute Gasteiger partial charge is 0.259 e. The number of amides is 2. The first-order chi connectivity index (χ1) is 15.6. The molecule has 0 radical (unpaired) electrons. The molecule has 32 heavy (non-hydrogen) atoms. The van der Waals surface area contributed by atoms with Gasteiger partial charge in [0.05, 0.1) is 11.5 Å². The van der Waals surface area contributed by atoms with Crippen LogP contribution in [0.2, 0.25) is 0 Å². The van der Waals surface area contributed by atoms with Gasteiger partial charge in [-0.1, -0.05) is 42.5 Å². The van der Waals surface area contributed by atoms with Gasteiger partial charge in [0.2, 0.25) is 5.91 Å². The molecule has 1 aliphatic rings. The Kier molecular flexibility index (Phi) is 6.82. The molecule has 1 aliphatic heterocycles. The summed E-state index contributed by atoms with van der Waals surface area (Å²) in [5.41, 5.74) is 7.78. The number of rotatable bonds is 7. The highest BCUT2D eigenvalue weighted by atomic mass is 16.5. The van der Waals surface area contributed by atoms with Gasteiger partial charge in [0, 0.05) is 18.8 Å². The van der Waals surface area contributed by atoms with Crippen LogP contribution in [0.5, 0.6) is 11.5 Å². The third-order valence-electron chi connectivity index (χ3n) is 5.63. The molecular weight excluding hydrogens is 402 g/mol. The summed E-state index contributed by atoms with van der Waals surface area (Å²) in [5, 5.41) is 2.94. The zero-order chi connectivity index (χ0) is 22.3. The van der Waals surface area contributed by atoms with Crippen molar-refractivity contribution in [3.8, 4) is 11.5 Å². The molecule has 0 aliphatic carbocycles. The van der Waals surface area contributed by atoms with Gasteiger partial charge >= 0.3 is 0 Å². The van der Waals surface area contributed by atoms with Crippen LogP contribution in [0.25, 0.3) is 0 Å². The van der Waals surface area contributed by atoms with E-state index in [1.165, 1.54) is 0 Å². The van der Waals surface area contributed by atoms with E-state index in [1.807, 2.05) is 66.7 Å². The molecule has 3 N–H and O–H groups in total. The van der Waals surface area contributed by atoms with Gasteiger partial charge in [-0.15, -0.1) is 0 Å². The largest absolute Gasteiger partial charge is 0.457 e. The highest BCUT2D eigenvalue weighted by molar-refractivity contribution is 6.06. The summed E-state index contributed by atoms with van der Waals surface area (Å²) in [7, 11) is 0. The Morgan fingerprint density at radius 1 is 0.969 bits per heavy atom. The van der Waals surface area contributed by atoms with Crippen molar-refractivity contribution in [3.05, 3.63) is 90.0 Å². The average molecular weight is 430 g/mol. The predicted octanol–water partition coefficient (Wildman–Crippen LogP) is 4.43. The molecule has 0 bridgehead atoms. The molecule has 0 aromatic heterocycles. The molecule has 0 spiro atoms. The summed E-state index contributed by atoms with van der Waals surface area (Å²) in [5.74, 6) is 0.657. The van der Waals surface area contributed by atoms with Gasteiger partial charge in [0.25, 0.3) is 5.91 Å². The van der Waals surface area contributed by atoms with Crippen LogP contribution < -0.4 is 15.8 Å². The number of benzene rings is 3.